The third-order valence-electron chi connectivity index (χ3n) is 4.46. The molecule has 29 heavy (non-hydrogen) atoms. The summed E-state index contributed by atoms with van der Waals surface area (Å²) in [6.07, 6.45) is 6.82. The molecule has 0 saturated heterocycles. The number of ether oxygens (including phenoxy) is 2. The quantitative estimate of drug-likeness (QED) is 0.594. The summed E-state index contributed by atoms with van der Waals surface area (Å²) < 4.78 is 12.8. The van der Waals surface area contributed by atoms with Gasteiger partial charge in [-0.3, -0.25) is 4.79 Å². The average molecular weight is 391 g/mol. The zero-order valence-electron chi connectivity index (χ0n) is 16.8. The van der Waals surface area contributed by atoms with E-state index in [2.05, 4.69) is 10.3 Å². The Morgan fingerprint density at radius 3 is 2.79 bits per heavy atom. The number of imidazole rings is 1. The van der Waals surface area contributed by atoms with Gasteiger partial charge in [0.2, 0.25) is 5.91 Å². The Kier molecular flexibility index (Phi) is 6.68. The van der Waals surface area contributed by atoms with Gasteiger partial charge in [0.05, 0.1) is 13.7 Å². The summed E-state index contributed by atoms with van der Waals surface area (Å²) in [5.74, 6) is 1.96. The Balaban J connectivity index is 1.85. The lowest BCUT2D eigenvalue weighted by atomic mass is 10.1. The van der Waals surface area contributed by atoms with E-state index in [1.54, 1.807) is 19.4 Å². The van der Waals surface area contributed by atoms with Crippen molar-refractivity contribution in [3.05, 3.63) is 84.0 Å². The fourth-order valence-electron chi connectivity index (χ4n) is 3.03. The topological polar surface area (TPSA) is 65.4 Å². The Hall–Kier alpha value is -3.54. The summed E-state index contributed by atoms with van der Waals surface area (Å²) >= 11 is 0. The molecule has 150 valence electrons. The molecule has 0 bridgehead atoms. The predicted molar refractivity (Wildman–Crippen MR) is 113 cm³/mol. The van der Waals surface area contributed by atoms with E-state index >= 15 is 0 Å². The second-order valence-electron chi connectivity index (χ2n) is 6.42. The summed E-state index contributed by atoms with van der Waals surface area (Å²) in [6.45, 7) is 2.49. The molecule has 1 aromatic heterocycles. The fourth-order valence-corrected chi connectivity index (χ4v) is 3.03. The first-order valence-corrected chi connectivity index (χ1v) is 9.44. The molecule has 0 spiro atoms. The van der Waals surface area contributed by atoms with Crippen LogP contribution in [0, 0.1) is 0 Å². The van der Waals surface area contributed by atoms with Crippen LogP contribution in [0.1, 0.15) is 29.9 Å². The smallest absolute Gasteiger partial charge is 0.244 e. The number of aryl methyl sites for hydroxylation is 1. The molecule has 0 aliphatic carbocycles. The minimum atomic E-state index is -0.413. The van der Waals surface area contributed by atoms with Gasteiger partial charge < -0.3 is 19.4 Å². The number of benzene rings is 2. The van der Waals surface area contributed by atoms with Crippen LogP contribution >= 0.6 is 0 Å². The summed E-state index contributed by atoms with van der Waals surface area (Å²) in [4.78, 5) is 17.1. The first-order chi connectivity index (χ1) is 14.1. The molecule has 6 heteroatoms. The molecule has 0 saturated carbocycles. The fraction of sp³-hybridized carbons (Fsp3) is 0.217. The van der Waals surface area contributed by atoms with Gasteiger partial charge in [-0.15, -0.1) is 0 Å². The number of hydrogen-bond acceptors (Lipinski definition) is 4. The van der Waals surface area contributed by atoms with Gasteiger partial charge in [0.1, 0.15) is 23.4 Å². The van der Waals surface area contributed by atoms with E-state index in [1.165, 1.54) is 6.08 Å². The zero-order chi connectivity index (χ0) is 20.6. The lowest BCUT2D eigenvalue weighted by molar-refractivity contribution is -0.117. The lowest BCUT2D eigenvalue weighted by Crippen LogP contribution is -2.29. The highest BCUT2D eigenvalue weighted by atomic mass is 16.5. The van der Waals surface area contributed by atoms with Crippen LogP contribution in [0.15, 0.2) is 67.0 Å². The summed E-state index contributed by atoms with van der Waals surface area (Å²) in [6, 6.07) is 14.8. The van der Waals surface area contributed by atoms with E-state index < -0.39 is 6.04 Å². The van der Waals surface area contributed by atoms with Crippen molar-refractivity contribution in [1.29, 1.82) is 0 Å². The van der Waals surface area contributed by atoms with E-state index in [4.69, 9.17) is 9.47 Å². The number of carbonyl (C=O) groups is 1. The van der Waals surface area contributed by atoms with E-state index in [-0.39, 0.29) is 5.91 Å². The van der Waals surface area contributed by atoms with Gasteiger partial charge in [-0.05, 0) is 36.8 Å². The van der Waals surface area contributed by atoms with Gasteiger partial charge in [-0.25, -0.2) is 4.98 Å². The van der Waals surface area contributed by atoms with Crippen LogP contribution in [-0.2, 0) is 11.8 Å². The number of nitrogens with zero attached hydrogens (tertiary/aromatic N) is 2. The highest BCUT2D eigenvalue weighted by Crippen LogP contribution is 2.24. The van der Waals surface area contributed by atoms with E-state index in [9.17, 15) is 4.79 Å². The normalized spacial score (nSPS) is 12.0. The van der Waals surface area contributed by atoms with Gasteiger partial charge in [0.15, 0.2) is 0 Å². The van der Waals surface area contributed by atoms with Crippen LogP contribution in [0.4, 0.5) is 0 Å². The van der Waals surface area contributed by atoms with Crippen molar-refractivity contribution < 1.29 is 14.3 Å². The Bertz CT molecular complexity index is 994. The van der Waals surface area contributed by atoms with Gasteiger partial charge in [0, 0.05) is 31.1 Å². The maximum Gasteiger partial charge on any atom is 0.244 e. The maximum atomic E-state index is 12.7. The molecule has 0 fully saturated rings. The van der Waals surface area contributed by atoms with E-state index in [1.807, 2.05) is 73.3 Å². The van der Waals surface area contributed by atoms with Gasteiger partial charge in [0.25, 0.3) is 0 Å². The largest absolute Gasteiger partial charge is 0.497 e. The van der Waals surface area contributed by atoms with Crippen LogP contribution < -0.4 is 14.8 Å². The number of hydrogen-bond donors (Lipinski definition) is 1. The molecule has 6 nitrogen and oxygen atoms in total. The van der Waals surface area contributed by atoms with Crippen molar-refractivity contribution in [2.24, 2.45) is 7.05 Å². The molecule has 1 amide bonds. The lowest BCUT2D eigenvalue weighted by Gasteiger charge is -2.19. The third-order valence-corrected chi connectivity index (χ3v) is 4.46. The van der Waals surface area contributed by atoms with Crippen molar-refractivity contribution in [2.75, 3.05) is 13.7 Å². The molecular weight excluding hydrogens is 366 g/mol. The number of rotatable bonds is 8. The average Bonchev–Trinajstić information content (AvgIpc) is 3.17. The molecule has 3 aromatic rings. The van der Waals surface area contributed by atoms with Crippen molar-refractivity contribution in [3.63, 3.8) is 0 Å². The predicted octanol–water partition coefficient (Wildman–Crippen LogP) is 3.75. The van der Waals surface area contributed by atoms with Crippen molar-refractivity contribution in [3.8, 4) is 11.5 Å². The number of methoxy groups -OCH3 is 1. The molecule has 0 radical (unpaired) electrons. The second-order valence-corrected chi connectivity index (χ2v) is 6.42. The van der Waals surface area contributed by atoms with Crippen LogP contribution in [-0.4, -0.2) is 29.2 Å². The number of carbonyl (C=O) groups excluding carboxylic acids is 1. The first kappa shape index (κ1) is 20.2. The summed E-state index contributed by atoms with van der Waals surface area (Å²) in [7, 11) is 3.52. The van der Waals surface area contributed by atoms with Gasteiger partial charge >= 0.3 is 0 Å². The highest BCUT2D eigenvalue weighted by molar-refractivity contribution is 5.92. The number of nitrogens with one attached hydrogen (secondary N) is 1. The summed E-state index contributed by atoms with van der Waals surface area (Å²) in [5.41, 5.74) is 1.73. The van der Waals surface area contributed by atoms with E-state index in [0.29, 0.717) is 6.61 Å². The van der Waals surface area contributed by atoms with Crippen LogP contribution in [0.5, 0.6) is 11.5 Å². The molecule has 1 N–H and O–H groups in total. The first-order valence-electron chi connectivity index (χ1n) is 9.44. The number of amides is 1. The minimum absolute atomic E-state index is 0.230. The monoisotopic (exact) mass is 391 g/mol. The molecule has 2 aromatic carbocycles. The van der Waals surface area contributed by atoms with Crippen molar-refractivity contribution in [1.82, 2.24) is 14.9 Å². The Morgan fingerprint density at radius 2 is 2.07 bits per heavy atom. The number of para-hydroxylation sites is 1. The molecule has 1 unspecified atom stereocenters. The number of aromatic nitrogens is 2. The second kappa shape index (κ2) is 9.59. The highest BCUT2D eigenvalue weighted by Gasteiger charge is 2.20. The van der Waals surface area contributed by atoms with Crippen molar-refractivity contribution >= 4 is 12.0 Å². The molecule has 1 atom stereocenters. The maximum absolute atomic E-state index is 12.7. The van der Waals surface area contributed by atoms with Crippen molar-refractivity contribution in [2.45, 2.75) is 13.0 Å². The minimum Gasteiger partial charge on any atom is -0.497 e. The third kappa shape index (κ3) is 5.04. The standard InChI is InChI=1S/C23H25N3O3/c1-4-29-20-11-6-5-8-17(20)12-13-21(27)25-22(23-24-14-15-26(23)2)18-9-7-10-19(16-18)28-3/h5-16,22H,4H2,1-3H3,(H,25,27)/b13-12+. The molecule has 0 aliphatic rings. The zero-order valence-corrected chi connectivity index (χ0v) is 16.8. The Morgan fingerprint density at radius 1 is 1.24 bits per heavy atom. The van der Waals surface area contributed by atoms with Gasteiger partial charge in [-0.2, -0.15) is 0 Å². The SMILES string of the molecule is CCOc1ccccc1/C=C/C(=O)NC(c1cccc(OC)c1)c1nccn1C. The van der Waals surface area contributed by atoms with Crippen LogP contribution in [0.25, 0.3) is 6.08 Å². The molecular formula is C23H25N3O3. The summed E-state index contributed by atoms with van der Waals surface area (Å²) in [5, 5.41) is 3.04. The van der Waals surface area contributed by atoms with Crippen LogP contribution in [0.3, 0.4) is 0 Å². The van der Waals surface area contributed by atoms with Gasteiger partial charge in [-0.1, -0.05) is 30.3 Å². The Labute approximate surface area is 170 Å². The molecule has 1 heterocycles. The van der Waals surface area contributed by atoms with Crippen LogP contribution in [0.2, 0.25) is 0 Å². The van der Waals surface area contributed by atoms with E-state index in [0.717, 1.165) is 28.5 Å². The molecule has 3 rings (SSSR count). The molecule has 0 aliphatic heterocycles.